The second kappa shape index (κ2) is 6.84. The number of carbonyl (C=O) groups excluding carboxylic acids is 1. The largest absolute Gasteiger partial charge is 0.455 e. The average Bonchev–Trinajstić information content (AvgIpc) is 3.05. The van der Waals surface area contributed by atoms with Gasteiger partial charge < -0.3 is 14.2 Å². The molecule has 1 amide bonds. The zero-order valence-corrected chi connectivity index (χ0v) is 14.7. The predicted molar refractivity (Wildman–Crippen MR) is 87.8 cm³/mol. The van der Waals surface area contributed by atoms with E-state index in [1.807, 2.05) is 6.07 Å². The topological polar surface area (TPSA) is 39.9 Å². The molecule has 0 spiro atoms. The molecule has 0 aromatic carbocycles. The van der Waals surface area contributed by atoms with Crippen LogP contribution in [0.15, 0.2) is 16.5 Å². The Kier molecular flexibility index (Phi) is 5.29. The van der Waals surface area contributed by atoms with E-state index in [2.05, 4.69) is 37.7 Å². The monoisotopic (exact) mass is 307 g/mol. The molecule has 2 atom stereocenters. The van der Waals surface area contributed by atoms with Gasteiger partial charge in [-0.25, -0.2) is 0 Å². The smallest absolute Gasteiger partial charge is 0.289 e. The number of likely N-dealkylation sites (tertiary alicyclic amines) is 1. The van der Waals surface area contributed by atoms with Crippen LogP contribution >= 0.6 is 0 Å². The van der Waals surface area contributed by atoms with E-state index in [1.165, 1.54) is 4.90 Å². The van der Waals surface area contributed by atoms with Gasteiger partial charge in [-0.15, -0.1) is 0 Å². The molecule has 1 aliphatic rings. The first-order valence-corrected chi connectivity index (χ1v) is 7.98. The van der Waals surface area contributed by atoms with E-state index < -0.39 is 0 Å². The summed E-state index contributed by atoms with van der Waals surface area (Å²) in [6.07, 6.45) is 0. The van der Waals surface area contributed by atoms with Gasteiger partial charge in [0.05, 0.1) is 6.54 Å². The highest BCUT2D eigenvalue weighted by Gasteiger charge is 2.36. The van der Waals surface area contributed by atoms with Gasteiger partial charge >= 0.3 is 0 Å². The third kappa shape index (κ3) is 3.70. The highest BCUT2D eigenvalue weighted by atomic mass is 16.4. The molecule has 1 aliphatic heterocycles. The number of amides is 1. The van der Waals surface area contributed by atoms with Gasteiger partial charge in [-0.3, -0.25) is 9.69 Å². The van der Waals surface area contributed by atoms with Crippen molar-refractivity contribution in [2.75, 3.05) is 41.3 Å². The Bertz CT molecular complexity index is 492. The van der Waals surface area contributed by atoms with Crippen molar-refractivity contribution in [2.45, 2.75) is 26.4 Å². The third-order valence-corrected chi connectivity index (χ3v) is 4.59. The Morgan fingerprint density at radius 3 is 2.45 bits per heavy atom. The highest BCUT2D eigenvalue weighted by molar-refractivity contribution is 5.91. The normalized spacial score (nSPS) is 22.7. The Labute approximate surface area is 133 Å². The van der Waals surface area contributed by atoms with E-state index in [0.29, 0.717) is 23.6 Å². The summed E-state index contributed by atoms with van der Waals surface area (Å²) in [7, 11) is 7.79. The second-order valence-corrected chi connectivity index (χ2v) is 7.10. The molecule has 2 rings (SSSR count). The molecular weight excluding hydrogens is 278 g/mol. The summed E-state index contributed by atoms with van der Waals surface area (Å²) >= 11 is 0. The van der Waals surface area contributed by atoms with Crippen LogP contribution in [0.4, 0.5) is 0 Å². The van der Waals surface area contributed by atoms with Crippen molar-refractivity contribution in [2.24, 2.45) is 11.8 Å². The van der Waals surface area contributed by atoms with Gasteiger partial charge in [-0.2, -0.15) is 0 Å². The zero-order chi connectivity index (χ0) is 16.4. The first-order valence-electron chi connectivity index (χ1n) is 7.98. The maximum absolute atomic E-state index is 11.9. The third-order valence-electron chi connectivity index (χ3n) is 4.59. The fourth-order valence-corrected chi connectivity index (χ4v) is 3.24. The van der Waals surface area contributed by atoms with E-state index in [4.69, 9.17) is 4.42 Å². The molecular formula is C17H29N3O2. The second-order valence-electron chi connectivity index (χ2n) is 7.10. The minimum absolute atomic E-state index is 0.0844. The molecule has 22 heavy (non-hydrogen) atoms. The van der Waals surface area contributed by atoms with Crippen LogP contribution in [0, 0.1) is 11.8 Å². The van der Waals surface area contributed by atoms with Crippen molar-refractivity contribution < 1.29 is 9.21 Å². The van der Waals surface area contributed by atoms with Gasteiger partial charge in [0, 0.05) is 33.2 Å². The Hall–Kier alpha value is -1.33. The van der Waals surface area contributed by atoms with Crippen LogP contribution in [0.25, 0.3) is 0 Å². The van der Waals surface area contributed by atoms with E-state index in [0.717, 1.165) is 25.4 Å². The van der Waals surface area contributed by atoms with Gasteiger partial charge in [0.15, 0.2) is 5.76 Å². The van der Waals surface area contributed by atoms with Crippen LogP contribution in [-0.4, -0.2) is 67.9 Å². The maximum Gasteiger partial charge on any atom is 0.289 e. The molecule has 1 aromatic heterocycles. The van der Waals surface area contributed by atoms with Gasteiger partial charge in [0.2, 0.25) is 0 Å². The first kappa shape index (κ1) is 17.0. The fraction of sp³-hybridized carbons (Fsp3) is 0.706. The molecule has 0 unspecified atom stereocenters. The standard InChI is InChI=1S/C17H29N3O2/c1-12(2)14-10-20(11-15(14)18(3)4)9-13-7-8-16(22-13)17(21)19(5)6/h7-8,12,14-15H,9-11H2,1-6H3/t14-,15+/m0/s1. The average molecular weight is 307 g/mol. The van der Waals surface area contributed by atoms with Crippen LogP contribution in [-0.2, 0) is 6.54 Å². The Morgan fingerprint density at radius 1 is 1.27 bits per heavy atom. The summed E-state index contributed by atoms with van der Waals surface area (Å²) in [6.45, 7) is 7.50. The Balaban J connectivity index is 2.01. The molecule has 0 N–H and O–H groups in total. The van der Waals surface area contributed by atoms with Gasteiger partial charge in [-0.1, -0.05) is 13.8 Å². The molecule has 1 aromatic rings. The number of carbonyl (C=O) groups is 1. The lowest BCUT2D eigenvalue weighted by Gasteiger charge is -2.27. The van der Waals surface area contributed by atoms with Crippen molar-refractivity contribution in [1.82, 2.24) is 14.7 Å². The van der Waals surface area contributed by atoms with E-state index >= 15 is 0 Å². The summed E-state index contributed by atoms with van der Waals surface area (Å²) in [5.74, 6) is 2.54. The summed E-state index contributed by atoms with van der Waals surface area (Å²) in [6, 6.07) is 4.28. The SMILES string of the molecule is CC(C)[C@@H]1CN(Cc2ccc(C(=O)N(C)C)o2)C[C@H]1N(C)C. The molecule has 0 saturated carbocycles. The lowest BCUT2D eigenvalue weighted by atomic mass is 9.91. The minimum atomic E-state index is -0.0844. The number of hydrogen-bond acceptors (Lipinski definition) is 4. The number of rotatable bonds is 5. The highest BCUT2D eigenvalue weighted by Crippen LogP contribution is 2.28. The van der Waals surface area contributed by atoms with Crippen LogP contribution in [0.5, 0.6) is 0 Å². The molecule has 1 fully saturated rings. The predicted octanol–water partition coefficient (Wildman–Crippen LogP) is 2.00. The van der Waals surface area contributed by atoms with Crippen molar-refractivity contribution >= 4 is 5.91 Å². The summed E-state index contributed by atoms with van der Waals surface area (Å²) in [5.41, 5.74) is 0. The summed E-state index contributed by atoms with van der Waals surface area (Å²) in [5, 5.41) is 0. The van der Waals surface area contributed by atoms with Gasteiger partial charge in [0.25, 0.3) is 5.91 Å². The minimum Gasteiger partial charge on any atom is -0.455 e. The number of nitrogens with zero attached hydrogens (tertiary/aromatic N) is 3. The van der Waals surface area contributed by atoms with Crippen molar-refractivity contribution in [3.05, 3.63) is 23.7 Å². The molecule has 0 bridgehead atoms. The van der Waals surface area contributed by atoms with Crippen molar-refractivity contribution in [1.29, 1.82) is 0 Å². The van der Waals surface area contributed by atoms with Crippen LogP contribution < -0.4 is 0 Å². The van der Waals surface area contributed by atoms with Crippen LogP contribution in [0.2, 0.25) is 0 Å². The Morgan fingerprint density at radius 2 is 1.95 bits per heavy atom. The summed E-state index contributed by atoms with van der Waals surface area (Å²) < 4.78 is 5.71. The lowest BCUT2D eigenvalue weighted by molar-refractivity contribution is 0.0793. The number of hydrogen-bond donors (Lipinski definition) is 0. The molecule has 0 radical (unpaired) electrons. The number of furan rings is 1. The zero-order valence-electron chi connectivity index (χ0n) is 14.7. The van der Waals surface area contributed by atoms with Crippen LogP contribution in [0.3, 0.4) is 0 Å². The fourth-order valence-electron chi connectivity index (χ4n) is 3.24. The first-order chi connectivity index (χ1) is 10.3. The molecule has 1 saturated heterocycles. The molecule has 2 heterocycles. The molecule has 0 aliphatic carbocycles. The quantitative estimate of drug-likeness (QED) is 0.834. The van der Waals surface area contributed by atoms with E-state index in [-0.39, 0.29) is 5.91 Å². The van der Waals surface area contributed by atoms with E-state index in [1.54, 1.807) is 20.2 Å². The maximum atomic E-state index is 11.9. The molecule has 124 valence electrons. The lowest BCUT2D eigenvalue weighted by Crippen LogP contribution is -2.37. The van der Waals surface area contributed by atoms with Crippen LogP contribution in [0.1, 0.15) is 30.2 Å². The van der Waals surface area contributed by atoms with Gasteiger partial charge in [-0.05, 0) is 38.1 Å². The summed E-state index contributed by atoms with van der Waals surface area (Å²) in [4.78, 5) is 18.2. The van der Waals surface area contributed by atoms with Crippen molar-refractivity contribution in [3.63, 3.8) is 0 Å². The molecule has 5 nitrogen and oxygen atoms in total. The van der Waals surface area contributed by atoms with E-state index in [9.17, 15) is 4.79 Å². The van der Waals surface area contributed by atoms with Gasteiger partial charge in [0.1, 0.15) is 5.76 Å². The van der Waals surface area contributed by atoms with Crippen molar-refractivity contribution in [3.8, 4) is 0 Å². The molecule has 5 heteroatoms. The number of likely N-dealkylation sites (N-methyl/N-ethyl adjacent to an activating group) is 1.